The summed E-state index contributed by atoms with van der Waals surface area (Å²) in [6, 6.07) is 0. The Hall–Kier alpha value is -1.36. The molecule has 2 rings (SSSR count). The lowest BCUT2D eigenvalue weighted by Gasteiger charge is -2.24. The molecule has 0 aliphatic rings. The largest absolute Gasteiger partial charge is 0.312 e. The lowest BCUT2D eigenvalue weighted by Crippen LogP contribution is -2.36. The highest BCUT2D eigenvalue weighted by atomic mass is 35.5. The normalized spacial score (nSPS) is 12.4. The van der Waals surface area contributed by atoms with Gasteiger partial charge in [0.2, 0.25) is 5.28 Å². The summed E-state index contributed by atoms with van der Waals surface area (Å²) in [5.41, 5.74) is 0.414. The van der Waals surface area contributed by atoms with Crippen LogP contribution in [-0.4, -0.2) is 19.1 Å². The minimum absolute atomic E-state index is 0.109. The molecule has 0 unspecified atom stereocenters. The van der Waals surface area contributed by atoms with Crippen LogP contribution in [0.4, 0.5) is 0 Å². The Labute approximate surface area is 104 Å². The molecule has 0 aromatic carbocycles. The maximum Gasteiger partial charge on any atom is 0.280 e. The fourth-order valence-corrected chi connectivity index (χ4v) is 2.19. The van der Waals surface area contributed by atoms with E-state index in [1.54, 1.807) is 23.1 Å². The number of rotatable bonds is 0. The van der Waals surface area contributed by atoms with Gasteiger partial charge in [0.25, 0.3) is 5.56 Å². The van der Waals surface area contributed by atoms with Crippen molar-refractivity contribution in [2.75, 3.05) is 0 Å². The molecule has 2 heterocycles. The topological polar surface area (TPSA) is 52.7 Å². The van der Waals surface area contributed by atoms with Gasteiger partial charge in [-0.2, -0.15) is 4.98 Å². The quantitative estimate of drug-likeness (QED) is 0.674. The van der Waals surface area contributed by atoms with Gasteiger partial charge in [-0.05, 0) is 39.3 Å². The van der Waals surface area contributed by atoms with Crippen LogP contribution in [0.5, 0.6) is 0 Å². The predicted octanol–water partition coefficient (Wildman–Crippen LogP) is 1.85. The third-order valence-electron chi connectivity index (χ3n) is 2.69. The Kier molecular flexibility index (Phi) is 2.54. The van der Waals surface area contributed by atoms with Crippen molar-refractivity contribution < 1.29 is 0 Å². The molecule has 17 heavy (non-hydrogen) atoms. The highest BCUT2D eigenvalue weighted by Gasteiger charge is 2.22. The fourth-order valence-electron chi connectivity index (χ4n) is 2.02. The van der Waals surface area contributed by atoms with Crippen LogP contribution < -0.4 is 5.56 Å². The zero-order chi connectivity index (χ0) is 13.0. The van der Waals surface area contributed by atoms with Crippen molar-refractivity contribution >= 4 is 22.8 Å². The molecule has 0 bridgehead atoms. The number of hydrogen-bond acceptors (Lipinski definition) is 3. The molecule has 0 atom stereocenters. The van der Waals surface area contributed by atoms with E-state index < -0.39 is 0 Å². The molecule has 2 aromatic heterocycles. The molecule has 0 amide bonds. The summed E-state index contributed by atoms with van der Waals surface area (Å²) in [7, 11) is 1.71. The first-order valence-corrected chi connectivity index (χ1v) is 5.73. The standard InChI is InChI=1S/C11H15ClN4O/c1-6-13-8-7(15(5)10(12)14-8)9(17)16(6)11(2,3)4/h1-5H3. The molecule has 0 N–H and O–H groups in total. The van der Waals surface area contributed by atoms with Gasteiger partial charge in [0.1, 0.15) is 5.82 Å². The Balaban J connectivity index is 2.99. The van der Waals surface area contributed by atoms with Crippen molar-refractivity contribution in [2.24, 2.45) is 7.05 Å². The Morgan fingerprint density at radius 3 is 2.35 bits per heavy atom. The summed E-state index contributed by atoms with van der Waals surface area (Å²) in [4.78, 5) is 20.8. The predicted molar refractivity (Wildman–Crippen MR) is 67.5 cm³/mol. The molecule has 0 fully saturated rings. The van der Waals surface area contributed by atoms with Crippen LogP contribution in [0.3, 0.4) is 0 Å². The monoisotopic (exact) mass is 254 g/mol. The molecular weight excluding hydrogens is 240 g/mol. The van der Waals surface area contributed by atoms with Gasteiger partial charge in [-0.3, -0.25) is 9.36 Å². The van der Waals surface area contributed by atoms with Gasteiger partial charge in [-0.25, -0.2) is 4.98 Å². The first-order valence-electron chi connectivity index (χ1n) is 5.35. The lowest BCUT2D eigenvalue weighted by molar-refractivity contribution is 0.372. The zero-order valence-electron chi connectivity index (χ0n) is 10.6. The molecule has 0 aliphatic carbocycles. The van der Waals surface area contributed by atoms with Gasteiger partial charge in [-0.1, -0.05) is 0 Å². The van der Waals surface area contributed by atoms with Crippen molar-refractivity contribution in [1.82, 2.24) is 19.1 Å². The van der Waals surface area contributed by atoms with E-state index in [1.807, 2.05) is 20.8 Å². The summed E-state index contributed by atoms with van der Waals surface area (Å²) in [6.45, 7) is 7.70. The van der Waals surface area contributed by atoms with Gasteiger partial charge in [-0.15, -0.1) is 0 Å². The average molecular weight is 255 g/mol. The number of fused-ring (bicyclic) bond motifs is 1. The van der Waals surface area contributed by atoms with E-state index in [0.29, 0.717) is 17.0 Å². The van der Waals surface area contributed by atoms with Gasteiger partial charge in [0, 0.05) is 12.6 Å². The lowest BCUT2D eigenvalue weighted by atomic mass is 10.1. The molecule has 92 valence electrons. The van der Waals surface area contributed by atoms with Crippen LogP contribution in [-0.2, 0) is 12.6 Å². The van der Waals surface area contributed by atoms with Crippen LogP contribution in [0.25, 0.3) is 11.2 Å². The Morgan fingerprint density at radius 1 is 1.24 bits per heavy atom. The summed E-state index contributed by atoms with van der Waals surface area (Å²) in [5.74, 6) is 0.643. The maximum atomic E-state index is 12.4. The number of imidazole rings is 1. The van der Waals surface area contributed by atoms with Crippen LogP contribution in [0.2, 0.25) is 5.28 Å². The number of aryl methyl sites for hydroxylation is 2. The van der Waals surface area contributed by atoms with Crippen molar-refractivity contribution in [3.63, 3.8) is 0 Å². The number of hydrogen-bond donors (Lipinski definition) is 0. The van der Waals surface area contributed by atoms with E-state index in [-0.39, 0.29) is 16.4 Å². The first-order chi connectivity index (χ1) is 7.73. The van der Waals surface area contributed by atoms with E-state index in [9.17, 15) is 4.79 Å². The van der Waals surface area contributed by atoms with Gasteiger partial charge in [0.05, 0.1) is 0 Å². The summed E-state index contributed by atoms with van der Waals surface area (Å²) < 4.78 is 3.22. The average Bonchev–Trinajstić information content (AvgIpc) is 2.39. The second-order valence-corrected chi connectivity index (χ2v) is 5.42. The Bertz CT molecular complexity index is 648. The van der Waals surface area contributed by atoms with Crippen molar-refractivity contribution in [2.45, 2.75) is 33.2 Å². The van der Waals surface area contributed by atoms with Gasteiger partial charge >= 0.3 is 0 Å². The minimum atomic E-state index is -0.320. The molecule has 6 heteroatoms. The second kappa shape index (κ2) is 3.57. The number of aromatic nitrogens is 4. The van der Waals surface area contributed by atoms with Crippen LogP contribution in [0.15, 0.2) is 4.79 Å². The van der Waals surface area contributed by atoms with E-state index in [1.165, 1.54) is 0 Å². The van der Waals surface area contributed by atoms with Gasteiger partial charge in [0.15, 0.2) is 11.2 Å². The summed E-state index contributed by atoms with van der Waals surface area (Å²) in [6.07, 6.45) is 0. The van der Waals surface area contributed by atoms with Crippen LogP contribution in [0.1, 0.15) is 26.6 Å². The van der Waals surface area contributed by atoms with E-state index in [4.69, 9.17) is 11.6 Å². The maximum absolute atomic E-state index is 12.4. The van der Waals surface area contributed by atoms with E-state index >= 15 is 0 Å². The Morgan fingerprint density at radius 2 is 1.82 bits per heavy atom. The molecule has 0 saturated carbocycles. The molecule has 0 aliphatic heterocycles. The fraction of sp³-hybridized carbons (Fsp3) is 0.545. The first kappa shape index (κ1) is 12.1. The third kappa shape index (κ3) is 1.74. The molecular formula is C11H15ClN4O. The van der Waals surface area contributed by atoms with Crippen molar-refractivity contribution in [3.05, 3.63) is 21.5 Å². The van der Waals surface area contributed by atoms with Crippen LogP contribution >= 0.6 is 11.6 Å². The zero-order valence-corrected chi connectivity index (χ0v) is 11.3. The number of halogens is 1. The smallest absolute Gasteiger partial charge is 0.280 e. The molecule has 0 spiro atoms. The second-order valence-electron chi connectivity index (χ2n) is 5.08. The van der Waals surface area contributed by atoms with Gasteiger partial charge < -0.3 is 4.57 Å². The van der Waals surface area contributed by atoms with E-state index in [2.05, 4.69) is 9.97 Å². The summed E-state index contributed by atoms with van der Waals surface area (Å²) >= 11 is 5.91. The molecule has 2 aromatic rings. The van der Waals surface area contributed by atoms with Crippen LogP contribution in [0, 0.1) is 6.92 Å². The number of nitrogens with zero attached hydrogens (tertiary/aromatic N) is 4. The third-order valence-corrected chi connectivity index (χ3v) is 3.03. The van der Waals surface area contributed by atoms with Crippen molar-refractivity contribution in [3.8, 4) is 0 Å². The highest BCUT2D eigenvalue weighted by molar-refractivity contribution is 6.29. The van der Waals surface area contributed by atoms with E-state index in [0.717, 1.165) is 0 Å². The molecule has 5 nitrogen and oxygen atoms in total. The SMILES string of the molecule is Cc1nc2nc(Cl)n(C)c2c(=O)n1C(C)(C)C. The highest BCUT2D eigenvalue weighted by Crippen LogP contribution is 2.18. The van der Waals surface area contributed by atoms with Crippen molar-refractivity contribution in [1.29, 1.82) is 0 Å². The summed E-state index contributed by atoms with van der Waals surface area (Å²) in [5, 5.41) is 0.274. The minimum Gasteiger partial charge on any atom is -0.312 e. The molecule has 0 saturated heterocycles. The molecule has 0 radical (unpaired) electrons.